The van der Waals surface area contributed by atoms with E-state index in [2.05, 4.69) is 28.9 Å². The molecule has 0 saturated carbocycles. The lowest BCUT2D eigenvalue weighted by Gasteiger charge is -2.07. The molecule has 152 valence electrons. The number of hydrogen-bond donors (Lipinski definition) is 2. The van der Waals surface area contributed by atoms with Crippen LogP contribution in [0.1, 0.15) is 90.4 Å². The number of hydrogen-bond acceptors (Lipinski definition) is 6. The van der Waals surface area contributed by atoms with Crippen molar-refractivity contribution in [2.75, 3.05) is 6.54 Å². The molecule has 0 aliphatic rings. The summed E-state index contributed by atoms with van der Waals surface area (Å²) in [7, 11) is 0. The molecule has 1 atom stereocenters. The second-order valence-corrected chi connectivity index (χ2v) is 6.63. The highest BCUT2D eigenvalue weighted by atomic mass is 17.2. The van der Waals surface area contributed by atoms with Gasteiger partial charge in [-0.25, -0.2) is 19.4 Å². The molecule has 3 N–H and O–H groups in total. The van der Waals surface area contributed by atoms with Crippen LogP contribution in [0.15, 0.2) is 12.2 Å². The third-order valence-corrected chi connectivity index (χ3v) is 4.11. The molecule has 0 fully saturated rings. The van der Waals surface area contributed by atoms with E-state index in [1.807, 2.05) is 0 Å². The fourth-order valence-corrected chi connectivity index (χ4v) is 2.53. The van der Waals surface area contributed by atoms with Crippen LogP contribution < -0.4 is 5.73 Å². The highest BCUT2D eigenvalue weighted by Crippen LogP contribution is 2.10. The maximum absolute atomic E-state index is 11.3. The Hall–Kier alpha value is -1.40. The molecule has 0 aromatic rings. The van der Waals surface area contributed by atoms with Crippen molar-refractivity contribution in [2.24, 2.45) is 5.73 Å². The van der Waals surface area contributed by atoms with Gasteiger partial charge >= 0.3 is 11.9 Å². The van der Waals surface area contributed by atoms with E-state index in [1.165, 1.54) is 19.3 Å². The Bertz CT molecular complexity index is 384. The third-order valence-electron chi connectivity index (χ3n) is 4.11. The summed E-state index contributed by atoms with van der Waals surface area (Å²) in [6, 6.07) is 0. The van der Waals surface area contributed by atoms with Crippen molar-refractivity contribution < 1.29 is 24.5 Å². The summed E-state index contributed by atoms with van der Waals surface area (Å²) in [5.41, 5.74) is 5.02. The number of aliphatic hydroxyl groups excluding tert-OH is 1. The third kappa shape index (κ3) is 17.4. The first-order chi connectivity index (χ1) is 12.6. The Balaban J connectivity index is 3.37. The molecule has 0 aromatic carbocycles. The largest absolute Gasteiger partial charge is 0.393 e. The SMILES string of the molecule is CCCCCCC(O)C/C=C\CCCCCCCC(=O)OOC(=O)CN. The summed E-state index contributed by atoms with van der Waals surface area (Å²) < 4.78 is 0. The molecule has 0 aliphatic carbocycles. The van der Waals surface area contributed by atoms with Crippen LogP contribution in [0.3, 0.4) is 0 Å². The van der Waals surface area contributed by atoms with Crippen molar-refractivity contribution in [3.05, 3.63) is 12.2 Å². The molecule has 0 saturated heterocycles. The summed E-state index contributed by atoms with van der Waals surface area (Å²) in [5.74, 6) is -1.29. The highest BCUT2D eigenvalue weighted by Gasteiger charge is 2.07. The van der Waals surface area contributed by atoms with Gasteiger partial charge in [0.1, 0.15) is 0 Å². The minimum atomic E-state index is -0.754. The average molecular weight is 372 g/mol. The van der Waals surface area contributed by atoms with Crippen molar-refractivity contribution in [1.82, 2.24) is 0 Å². The molecule has 0 amide bonds. The van der Waals surface area contributed by atoms with Crippen molar-refractivity contribution >= 4 is 11.9 Å². The normalized spacial score (nSPS) is 12.3. The molecular weight excluding hydrogens is 334 g/mol. The van der Waals surface area contributed by atoms with E-state index in [0.717, 1.165) is 57.8 Å². The van der Waals surface area contributed by atoms with E-state index in [1.54, 1.807) is 0 Å². The van der Waals surface area contributed by atoms with Gasteiger partial charge in [0.25, 0.3) is 0 Å². The van der Waals surface area contributed by atoms with Gasteiger partial charge in [-0.15, -0.1) is 0 Å². The molecule has 0 radical (unpaired) electrons. The van der Waals surface area contributed by atoms with Gasteiger partial charge in [-0.2, -0.15) is 0 Å². The second-order valence-electron chi connectivity index (χ2n) is 6.63. The standard InChI is InChI=1S/C20H37NO5/c1-2-3-4-11-14-18(22)15-12-9-7-5-6-8-10-13-16-19(23)25-26-20(24)17-21/h9,12,18,22H,2-8,10-11,13-17,21H2,1H3/b12-9-. The fraction of sp³-hybridized carbons (Fsp3) is 0.800. The molecule has 0 heterocycles. The van der Waals surface area contributed by atoms with Crippen molar-refractivity contribution in [2.45, 2.75) is 96.5 Å². The maximum atomic E-state index is 11.3. The fourth-order valence-electron chi connectivity index (χ4n) is 2.53. The number of carbonyl (C=O) groups excluding carboxylic acids is 2. The molecule has 1 unspecified atom stereocenters. The van der Waals surface area contributed by atoms with Crippen LogP contribution in [0.25, 0.3) is 0 Å². The predicted octanol–water partition coefficient (Wildman–Crippen LogP) is 3.95. The first kappa shape index (κ1) is 24.6. The lowest BCUT2D eigenvalue weighted by molar-refractivity contribution is -0.257. The zero-order valence-electron chi connectivity index (χ0n) is 16.3. The van der Waals surface area contributed by atoms with Crippen LogP contribution in [-0.4, -0.2) is 29.7 Å². The number of unbranched alkanes of at least 4 members (excludes halogenated alkanes) is 8. The zero-order valence-corrected chi connectivity index (χ0v) is 16.3. The molecule has 0 aromatic heterocycles. The zero-order chi connectivity index (χ0) is 19.5. The van der Waals surface area contributed by atoms with Crippen molar-refractivity contribution in [3.8, 4) is 0 Å². The van der Waals surface area contributed by atoms with Gasteiger partial charge in [-0.3, -0.25) is 0 Å². The Kier molecular flexibility index (Phi) is 17.4. The number of aliphatic hydroxyl groups is 1. The molecule has 0 bridgehead atoms. The van der Waals surface area contributed by atoms with E-state index in [0.29, 0.717) is 0 Å². The summed E-state index contributed by atoms with van der Waals surface area (Å²) >= 11 is 0. The summed E-state index contributed by atoms with van der Waals surface area (Å²) in [6.45, 7) is 1.88. The van der Waals surface area contributed by atoms with Crippen LogP contribution in [-0.2, 0) is 19.4 Å². The van der Waals surface area contributed by atoms with Gasteiger partial charge in [-0.1, -0.05) is 64.0 Å². The van der Waals surface area contributed by atoms with Gasteiger partial charge in [0, 0.05) is 0 Å². The number of carbonyl (C=O) groups is 2. The Morgan fingerprint density at radius 2 is 1.58 bits per heavy atom. The monoisotopic (exact) mass is 371 g/mol. The van der Waals surface area contributed by atoms with Crippen LogP contribution in [0.2, 0.25) is 0 Å². The Labute approximate surface area is 158 Å². The van der Waals surface area contributed by atoms with Crippen LogP contribution in [0.4, 0.5) is 0 Å². The lowest BCUT2D eigenvalue weighted by Crippen LogP contribution is -2.19. The molecule has 26 heavy (non-hydrogen) atoms. The number of rotatable bonds is 16. The van der Waals surface area contributed by atoms with E-state index in [4.69, 9.17) is 5.73 Å². The topological polar surface area (TPSA) is 98.9 Å². The molecular formula is C20H37NO5. The van der Waals surface area contributed by atoms with Gasteiger partial charge in [-0.05, 0) is 32.1 Å². The van der Waals surface area contributed by atoms with E-state index in [-0.39, 0.29) is 19.1 Å². The second kappa shape index (κ2) is 18.4. The molecule has 0 aliphatic heterocycles. The number of nitrogens with two attached hydrogens (primary N) is 1. The number of allylic oxidation sites excluding steroid dienone is 1. The van der Waals surface area contributed by atoms with Gasteiger partial charge in [0.15, 0.2) is 0 Å². The quantitative estimate of drug-likeness (QED) is 0.184. The maximum Gasteiger partial charge on any atom is 0.368 e. The average Bonchev–Trinajstić information content (AvgIpc) is 2.64. The van der Waals surface area contributed by atoms with Crippen molar-refractivity contribution in [3.63, 3.8) is 0 Å². The predicted molar refractivity (Wildman–Crippen MR) is 102 cm³/mol. The van der Waals surface area contributed by atoms with Gasteiger partial charge < -0.3 is 10.8 Å². The summed E-state index contributed by atoms with van der Waals surface area (Å²) in [4.78, 5) is 30.5. The summed E-state index contributed by atoms with van der Waals surface area (Å²) in [5, 5.41) is 9.85. The van der Waals surface area contributed by atoms with Crippen LogP contribution in [0, 0.1) is 0 Å². The molecule has 6 nitrogen and oxygen atoms in total. The van der Waals surface area contributed by atoms with E-state index in [9.17, 15) is 14.7 Å². The van der Waals surface area contributed by atoms with Gasteiger partial charge in [0.05, 0.1) is 19.1 Å². The van der Waals surface area contributed by atoms with E-state index < -0.39 is 11.9 Å². The Morgan fingerprint density at radius 3 is 2.31 bits per heavy atom. The first-order valence-electron chi connectivity index (χ1n) is 10.0. The van der Waals surface area contributed by atoms with Gasteiger partial charge in [0.2, 0.25) is 0 Å². The smallest absolute Gasteiger partial charge is 0.368 e. The minimum Gasteiger partial charge on any atom is -0.393 e. The van der Waals surface area contributed by atoms with E-state index >= 15 is 0 Å². The minimum absolute atomic E-state index is 0.202. The Morgan fingerprint density at radius 1 is 0.923 bits per heavy atom. The van der Waals surface area contributed by atoms with Crippen LogP contribution in [0.5, 0.6) is 0 Å². The summed E-state index contributed by atoms with van der Waals surface area (Å²) in [6.07, 6.45) is 16.7. The van der Waals surface area contributed by atoms with Crippen molar-refractivity contribution in [1.29, 1.82) is 0 Å². The highest BCUT2D eigenvalue weighted by molar-refractivity contribution is 5.73. The molecule has 0 spiro atoms. The molecule has 6 heteroatoms. The lowest BCUT2D eigenvalue weighted by atomic mass is 10.1. The first-order valence-corrected chi connectivity index (χ1v) is 10.0. The molecule has 0 rings (SSSR count). The van der Waals surface area contributed by atoms with Crippen LogP contribution >= 0.6 is 0 Å².